The van der Waals surface area contributed by atoms with Crippen LogP contribution in [0.25, 0.3) is 0 Å². The largest absolute Gasteiger partial charge is 0.497 e. The fraction of sp³-hybridized carbons (Fsp3) is 0.625. The van der Waals surface area contributed by atoms with Gasteiger partial charge in [-0.25, -0.2) is 0 Å². The van der Waals surface area contributed by atoms with Gasteiger partial charge in [0.1, 0.15) is 5.75 Å². The van der Waals surface area contributed by atoms with E-state index in [2.05, 4.69) is 41.1 Å². The van der Waals surface area contributed by atoms with Gasteiger partial charge in [-0.05, 0) is 60.8 Å². The first kappa shape index (κ1) is 12.5. The molecule has 0 amide bonds. The number of fused-ring (bicyclic) bond motifs is 1. The molecule has 0 spiro atoms. The smallest absolute Gasteiger partial charge is 0.119 e. The molecule has 0 bridgehead atoms. The fourth-order valence-electron chi connectivity index (χ4n) is 3.77. The molecule has 0 aliphatic heterocycles. The van der Waals surface area contributed by atoms with Crippen LogP contribution < -0.4 is 4.74 Å². The summed E-state index contributed by atoms with van der Waals surface area (Å²) in [5.74, 6) is 3.82. The van der Waals surface area contributed by atoms with E-state index in [4.69, 9.17) is 4.74 Å². The van der Waals surface area contributed by atoms with Crippen LogP contribution in [0, 0.1) is 24.7 Å². The van der Waals surface area contributed by atoms with Gasteiger partial charge in [0.15, 0.2) is 0 Å². The Kier molecular flexibility index (Phi) is 3.40. The van der Waals surface area contributed by atoms with Gasteiger partial charge in [0.2, 0.25) is 0 Å². The lowest BCUT2D eigenvalue weighted by molar-refractivity contribution is 0.414. The number of methoxy groups -OCH3 is 1. The van der Waals surface area contributed by atoms with Crippen LogP contribution in [-0.2, 0) is 0 Å². The highest BCUT2D eigenvalue weighted by molar-refractivity contribution is 9.09. The highest BCUT2D eigenvalue weighted by atomic mass is 79.9. The SMILES string of the molecule is COc1ccc(C(Br)C2C3CCCCC32)c(C)c1. The lowest BCUT2D eigenvalue weighted by Crippen LogP contribution is -1.98. The van der Waals surface area contributed by atoms with Crippen molar-refractivity contribution in [3.63, 3.8) is 0 Å². The zero-order valence-corrected chi connectivity index (χ0v) is 12.7. The Morgan fingerprint density at radius 1 is 1.22 bits per heavy atom. The maximum Gasteiger partial charge on any atom is 0.119 e. The molecule has 0 radical (unpaired) electrons. The van der Waals surface area contributed by atoms with Crippen molar-refractivity contribution in [1.82, 2.24) is 0 Å². The van der Waals surface area contributed by atoms with Crippen LogP contribution in [-0.4, -0.2) is 7.11 Å². The molecule has 1 nitrogen and oxygen atoms in total. The molecule has 0 N–H and O–H groups in total. The van der Waals surface area contributed by atoms with Crippen molar-refractivity contribution in [3.05, 3.63) is 29.3 Å². The molecule has 0 heterocycles. The number of rotatable bonds is 3. The number of hydrogen-bond acceptors (Lipinski definition) is 1. The summed E-state index contributed by atoms with van der Waals surface area (Å²) >= 11 is 3.96. The van der Waals surface area contributed by atoms with Gasteiger partial charge in [-0.2, -0.15) is 0 Å². The average molecular weight is 309 g/mol. The minimum absolute atomic E-state index is 0.538. The molecule has 2 heteroatoms. The van der Waals surface area contributed by atoms with E-state index >= 15 is 0 Å². The maximum absolute atomic E-state index is 5.29. The second-order valence-corrected chi connectivity index (χ2v) is 6.80. The molecular formula is C16H21BrO. The number of benzene rings is 1. The third-order valence-corrected chi connectivity index (χ3v) is 5.94. The predicted molar refractivity (Wildman–Crippen MR) is 78.3 cm³/mol. The first-order valence-corrected chi connectivity index (χ1v) is 7.92. The molecule has 3 unspecified atom stereocenters. The van der Waals surface area contributed by atoms with Gasteiger partial charge in [-0.15, -0.1) is 0 Å². The van der Waals surface area contributed by atoms with Gasteiger partial charge >= 0.3 is 0 Å². The van der Waals surface area contributed by atoms with Crippen molar-refractivity contribution in [2.75, 3.05) is 7.11 Å². The van der Waals surface area contributed by atoms with E-state index in [1.807, 2.05) is 0 Å². The number of alkyl halides is 1. The molecule has 2 aliphatic carbocycles. The fourth-order valence-corrected chi connectivity index (χ4v) is 5.07. The van der Waals surface area contributed by atoms with E-state index in [0.717, 1.165) is 23.5 Å². The first-order valence-electron chi connectivity index (χ1n) is 7.01. The molecule has 98 valence electrons. The molecule has 18 heavy (non-hydrogen) atoms. The molecule has 2 saturated carbocycles. The topological polar surface area (TPSA) is 9.23 Å². The Morgan fingerprint density at radius 3 is 2.44 bits per heavy atom. The van der Waals surface area contributed by atoms with Crippen molar-refractivity contribution < 1.29 is 4.74 Å². The summed E-state index contributed by atoms with van der Waals surface area (Å²) in [6.45, 7) is 2.19. The molecule has 2 fully saturated rings. The first-order chi connectivity index (χ1) is 8.72. The summed E-state index contributed by atoms with van der Waals surface area (Å²) in [6, 6.07) is 6.47. The second-order valence-electron chi connectivity index (χ2n) is 5.81. The van der Waals surface area contributed by atoms with Crippen LogP contribution in [0.2, 0.25) is 0 Å². The van der Waals surface area contributed by atoms with Crippen LogP contribution >= 0.6 is 15.9 Å². The number of hydrogen-bond donors (Lipinski definition) is 0. The van der Waals surface area contributed by atoms with Gasteiger partial charge in [0.25, 0.3) is 0 Å². The van der Waals surface area contributed by atoms with Gasteiger partial charge < -0.3 is 4.74 Å². The van der Waals surface area contributed by atoms with E-state index in [1.54, 1.807) is 7.11 Å². The molecule has 3 rings (SSSR count). The zero-order chi connectivity index (χ0) is 12.7. The molecule has 0 aromatic heterocycles. The Hall–Kier alpha value is -0.500. The van der Waals surface area contributed by atoms with E-state index in [1.165, 1.54) is 36.8 Å². The standard InChI is InChI=1S/C16H21BrO/c1-10-9-11(18-2)7-8-12(10)16(17)15-13-5-3-4-6-14(13)15/h7-9,13-16H,3-6H2,1-2H3. The second kappa shape index (κ2) is 4.88. The van der Waals surface area contributed by atoms with Crippen molar-refractivity contribution in [2.24, 2.45) is 17.8 Å². The van der Waals surface area contributed by atoms with Gasteiger partial charge in [0, 0.05) is 4.83 Å². The Bertz CT molecular complexity index is 431. The number of aryl methyl sites for hydroxylation is 1. The Morgan fingerprint density at radius 2 is 1.89 bits per heavy atom. The predicted octanol–water partition coefficient (Wildman–Crippen LogP) is 4.88. The summed E-state index contributed by atoms with van der Waals surface area (Å²) in [6.07, 6.45) is 5.79. The van der Waals surface area contributed by atoms with Crippen LogP contribution in [0.15, 0.2) is 18.2 Å². The molecule has 1 aromatic carbocycles. The average Bonchev–Trinajstić information content (AvgIpc) is 3.12. The molecule has 1 aromatic rings. The molecule has 0 saturated heterocycles. The summed E-state index contributed by atoms with van der Waals surface area (Å²) < 4.78 is 5.29. The normalized spacial score (nSPS) is 31.6. The van der Waals surface area contributed by atoms with Crippen molar-refractivity contribution in [3.8, 4) is 5.75 Å². The molecular weight excluding hydrogens is 288 g/mol. The lowest BCUT2D eigenvalue weighted by Gasteiger charge is -2.14. The van der Waals surface area contributed by atoms with E-state index in [0.29, 0.717) is 4.83 Å². The zero-order valence-electron chi connectivity index (χ0n) is 11.2. The minimum Gasteiger partial charge on any atom is -0.497 e. The van der Waals surface area contributed by atoms with Gasteiger partial charge in [-0.1, -0.05) is 34.8 Å². The highest BCUT2D eigenvalue weighted by Gasteiger charge is 2.53. The quantitative estimate of drug-likeness (QED) is 0.723. The van der Waals surface area contributed by atoms with Crippen LogP contribution in [0.4, 0.5) is 0 Å². The van der Waals surface area contributed by atoms with Gasteiger partial charge in [-0.3, -0.25) is 0 Å². The Labute approximate surface area is 118 Å². The summed E-state index contributed by atoms with van der Waals surface area (Å²) in [7, 11) is 1.73. The van der Waals surface area contributed by atoms with Crippen LogP contribution in [0.3, 0.4) is 0 Å². The van der Waals surface area contributed by atoms with Crippen LogP contribution in [0.1, 0.15) is 41.6 Å². The van der Waals surface area contributed by atoms with E-state index < -0.39 is 0 Å². The molecule has 3 atom stereocenters. The summed E-state index contributed by atoms with van der Waals surface area (Å²) in [5, 5.41) is 0. The van der Waals surface area contributed by atoms with Crippen molar-refractivity contribution in [2.45, 2.75) is 37.4 Å². The van der Waals surface area contributed by atoms with E-state index in [9.17, 15) is 0 Å². The maximum atomic E-state index is 5.29. The lowest BCUT2D eigenvalue weighted by atomic mass is 10.0. The monoisotopic (exact) mass is 308 g/mol. The summed E-state index contributed by atoms with van der Waals surface area (Å²) in [4.78, 5) is 0.538. The molecule has 2 aliphatic rings. The van der Waals surface area contributed by atoms with E-state index in [-0.39, 0.29) is 0 Å². The Balaban J connectivity index is 1.78. The van der Waals surface area contributed by atoms with Crippen molar-refractivity contribution in [1.29, 1.82) is 0 Å². The summed E-state index contributed by atoms with van der Waals surface area (Å²) in [5.41, 5.74) is 2.80. The minimum atomic E-state index is 0.538. The highest BCUT2D eigenvalue weighted by Crippen LogP contribution is 2.62. The third-order valence-electron chi connectivity index (χ3n) is 4.83. The van der Waals surface area contributed by atoms with Crippen molar-refractivity contribution >= 4 is 15.9 Å². The number of halogens is 1. The van der Waals surface area contributed by atoms with Gasteiger partial charge in [0.05, 0.1) is 7.11 Å². The third kappa shape index (κ3) is 2.09. The number of ether oxygens (including phenoxy) is 1. The van der Waals surface area contributed by atoms with Crippen LogP contribution in [0.5, 0.6) is 5.75 Å².